The molecule has 168 valence electrons. The average Bonchev–Trinajstić information content (AvgIpc) is 3.06. The molecule has 33 heavy (non-hydrogen) atoms. The van der Waals surface area contributed by atoms with Gasteiger partial charge in [0.1, 0.15) is 12.3 Å². The van der Waals surface area contributed by atoms with Gasteiger partial charge in [0.25, 0.3) is 11.1 Å². The van der Waals surface area contributed by atoms with Crippen molar-refractivity contribution in [2.24, 2.45) is 0 Å². The molecule has 0 spiro atoms. The van der Waals surface area contributed by atoms with Crippen LogP contribution in [0, 0.1) is 6.92 Å². The van der Waals surface area contributed by atoms with Gasteiger partial charge in [-0.1, -0.05) is 49.4 Å². The van der Waals surface area contributed by atoms with E-state index >= 15 is 0 Å². The highest BCUT2D eigenvalue weighted by molar-refractivity contribution is 8.18. The molecule has 1 fully saturated rings. The molecule has 3 amide bonds. The lowest BCUT2D eigenvalue weighted by atomic mass is 10.0. The van der Waals surface area contributed by atoms with Crippen LogP contribution in [0.1, 0.15) is 24.5 Å². The number of nitrogens with one attached hydrogen (secondary N) is 1. The zero-order valence-electron chi connectivity index (χ0n) is 18.5. The third kappa shape index (κ3) is 5.09. The highest BCUT2D eigenvalue weighted by Crippen LogP contribution is 2.36. The monoisotopic (exact) mass is 460 g/mol. The Morgan fingerprint density at radius 3 is 2.70 bits per heavy atom. The van der Waals surface area contributed by atoms with Gasteiger partial charge in [-0.2, -0.15) is 0 Å². The number of carbonyl (C=O) groups is 3. The van der Waals surface area contributed by atoms with Gasteiger partial charge in [0, 0.05) is 11.3 Å². The van der Waals surface area contributed by atoms with Gasteiger partial charge in [-0.15, -0.1) is 0 Å². The van der Waals surface area contributed by atoms with E-state index in [4.69, 9.17) is 4.74 Å². The first-order valence-corrected chi connectivity index (χ1v) is 11.5. The zero-order chi connectivity index (χ0) is 23.4. The summed E-state index contributed by atoms with van der Waals surface area (Å²) in [6.45, 7) is 4.14. The molecule has 1 saturated heterocycles. The third-order valence-corrected chi connectivity index (χ3v) is 6.05. The van der Waals surface area contributed by atoms with Crippen molar-refractivity contribution in [2.45, 2.75) is 20.3 Å². The number of amides is 3. The standard InChI is InChI=1S/C26H24N2O4S/c1-3-13-32-22-12-11-18-8-4-5-10-20(18)21(22)15-23-25(30)28(26(31)33-23)16-24(29)27-19-9-6-7-17(2)14-19/h4-12,14-15H,3,13,16H2,1-2H3,(H,27,29)/b23-15-. The van der Waals surface area contributed by atoms with Crippen molar-refractivity contribution < 1.29 is 19.1 Å². The summed E-state index contributed by atoms with van der Waals surface area (Å²) in [4.78, 5) is 39.3. The maximum Gasteiger partial charge on any atom is 0.294 e. The number of fused-ring (bicyclic) bond motifs is 1. The van der Waals surface area contributed by atoms with Crippen LogP contribution in [0.5, 0.6) is 5.75 Å². The Hall–Kier alpha value is -3.58. The van der Waals surface area contributed by atoms with E-state index in [0.29, 0.717) is 18.0 Å². The maximum atomic E-state index is 13.0. The molecule has 0 atom stereocenters. The van der Waals surface area contributed by atoms with Crippen LogP contribution >= 0.6 is 11.8 Å². The summed E-state index contributed by atoms with van der Waals surface area (Å²) in [6, 6.07) is 19.0. The Morgan fingerprint density at radius 2 is 1.91 bits per heavy atom. The molecule has 0 aliphatic carbocycles. The number of imide groups is 1. The molecule has 1 aliphatic rings. The number of nitrogens with zero attached hydrogens (tertiary/aromatic N) is 1. The number of rotatable bonds is 7. The second-order valence-corrected chi connectivity index (χ2v) is 8.73. The van der Waals surface area contributed by atoms with Gasteiger partial charge in [-0.3, -0.25) is 19.3 Å². The van der Waals surface area contributed by atoms with E-state index in [1.54, 1.807) is 12.1 Å². The first-order chi connectivity index (χ1) is 16.0. The van der Waals surface area contributed by atoms with Crippen molar-refractivity contribution in [1.29, 1.82) is 0 Å². The first-order valence-electron chi connectivity index (χ1n) is 10.7. The summed E-state index contributed by atoms with van der Waals surface area (Å²) in [6.07, 6.45) is 2.54. The molecule has 4 rings (SSSR count). The fourth-order valence-electron chi connectivity index (χ4n) is 3.60. The fraction of sp³-hybridized carbons (Fsp3) is 0.192. The van der Waals surface area contributed by atoms with Crippen LogP contribution in [0.3, 0.4) is 0 Å². The summed E-state index contributed by atoms with van der Waals surface area (Å²) in [5, 5.41) is 4.20. The molecule has 6 nitrogen and oxygen atoms in total. The van der Waals surface area contributed by atoms with Crippen molar-refractivity contribution in [2.75, 3.05) is 18.5 Å². The van der Waals surface area contributed by atoms with Gasteiger partial charge in [0.05, 0.1) is 11.5 Å². The number of thioether (sulfide) groups is 1. The second-order valence-electron chi connectivity index (χ2n) is 7.73. The van der Waals surface area contributed by atoms with E-state index in [1.807, 2.05) is 68.4 Å². The highest BCUT2D eigenvalue weighted by atomic mass is 32.2. The van der Waals surface area contributed by atoms with Crippen LogP contribution in [0.2, 0.25) is 0 Å². The molecule has 0 bridgehead atoms. The van der Waals surface area contributed by atoms with Crippen molar-refractivity contribution in [1.82, 2.24) is 4.90 Å². The summed E-state index contributed by atoms with van der Waals surface area (Å²) >= 11 is 0.831. The summed E-state index contributed by atoms with van der Waals surface area (Å²) in [5.74, 6) is -0.264. The van der Waals surface area contributed by atoms with Gasteiger partial charge in [-0.05, 0) is 65.7 Å². The van der Waals surface area contributed by atoms with Crippen LogP contribution in [0.25, 0.3) is 16.8 Å². The van der Waals surface area contributed by atoms with Gasteiger partial charge in [-0.25, -0.2) is 0 Å². The summed E-state index contributed by atoms with van der Waals surface area (Å²) in [7, 11) is 0. The number of anilines is 1. The predicted molar refractivity (Wildman–Crippen MR) is 132 cm³/mol. The lowest BCUT2D eigenvalue weighted by Crippen LogP contribution is -2.36. The van der Waals surface area contributed by atoms with E-state index in [0.717, 1.165) is 45.0 Å². The van der Waals surface area contributed by atoms with Gasteiger partial charge < -0.3 is 10.1 Å². The smallest absolute Gasteiger partial charge is 0.294 e. The zero-order valence-corrected chi connectivity index (χ0v) is 19.3. The third-order valence-electron chi connectivity index (χ3n) is 5.14. The molecule has 0 radical (unpaired) electrons. The molecule has 1 N–H and O–H groups in total. The quantitative estimate of drug-likeness (QED) is 0.464. The van der Waals surface area contributed by atoms with Crippen molar-refractivity contribution in [3.63, 3.8) is 0 Å². The number of hydrogen-bond acceptors (Lipinski definition) is 5. The number of aryl methyl sites for hydroxylation is 1. The number of carbonyl (C=O) groups excluding carboxylic acids is 3. The van der Waals surface area contributed by atoms with E-state index in [2.05, 4.69) is 5.32 Å². The molecule has 3 aromatic carbocycles. The Balaban J connectivity index is 1.59. The van der Waals surface area contributed by atoms with Crippen LogP contribution in [-0.4, -0.2) is 35.1 Å². The van der Waals surface area contributed by atoms with Gasteiger partial charge in [0.15, 0.2) is 0 Å². The molecule has 1 aliphatic heterocycles. The van der Waals surface area contributed by atoms with Crippen molar-refractivity contribution in [3.8, 4) is 5.75 Å². The highest BCUT2D eigenvalue weighted by Gasteiger charge is 2.36. The van der Waals surface area contributed by atoms with Crippen molar-refractivity contribution in [3.05, 3.63) is 76.7 Å². The minimum Gasteiger partial charge on any atom is -0.493 e. The lowest BCUT2D eigenvalue weighted by molar-refractivity contribution is -0.127. The summed E-state index contributed by atoms with van der Waals surface area (Å²) in [5.41, 5.74) is 2.37. The van der Waals surface area contributed by atoms with E-state index in [-0.39, 0.29) is 11.4 Å². The molecule has 0 saturated carbocycles. The number of benzene rings is 3. The fourth-order valence-corrected chi connectivity index (χ4v) is 4.42. The van der Waals surface area contributed by atoms with Crippen LogP contribution < -0.4 is 10.1 Å². The molecule has 7 heteroatoms. The van der Waals surface area contributed by atoms with E-state index in [9.17, 15) is 14.4 Å². The van der Waals surface area contributed by atoms with Crippen molar-refractivity contribution >= 4 is 51.4 Å². The number of ether oxygens (including phenoxy) is 1. The minimum absolute atomic E-state index is 0.265. The Bertz CT molecular complexity index is 1270. The normalized spacial score (nSPS) is 14.8. The van der Waals surface area contributed by atoms with E-state index in [1.165, 1.54) is 0 Å². The van der Waals surface area contributed by atoms with Gasteiger partial charge >= 0.3 is 0 Å². The maximum absolute atomic E-state index is 13.0. The first kappa shape index (κ1) is 22.6. The Kier molecular flexibility index (Phi) is 6.79. The second kappa shape index (κ2) is 9.92. The Labute approximate surface area is 196 Å². The molecule has 1 heterocycles. The molecule has 3 aromatic rings. The lowest BCUT2D eigenvalue weighted by Gasteiger charge is -2.13. The molecule has 0 aromatic heterocycles. The molecular formula is C26H24N2O4S. The number of hydrogen-bond donors (Lipinski definition) is 1. The van der Waals surface area contributed by atoms with Crippen LogP contribution in [-0.2, 0) is 9.59 Å². The largest absolute Gasteiger partial charge is 0.493 e. The molecule has 0 unspecified atom stereocenters. The SMILES string of the molecule is CCCOc1ccc2ccccc2c1/C=C1\SC(=O)N(CC(=O)Nc2cccc(C)c2)C1=O. The van der Waals surface area contributed by atoms with E-state index < -0.39 is 17.1 Å². The summed E-state index contributed by atoms with van der Waals surface area (Å²) < 4.78 is 5.91. The minimum atomic E-state index is -0.487. The molecular weight excluding hydrogens is 436 g/mol. The van der Waals surface area contributed by atoms with Crippen LogP contribution in [0.15, 0.2) is 65.6 Å². The topological polar surface area (TPSA) is 75.7 Å². The van der Waals surface area contributed by atoms with Gasteiger partial charge in [0.2, 0.25) is 5.91 Å². The average molecular weight is 461 g/mol. The van der Waals surface area contributed by atoms with Crippen LogP contribution in [0.4, 0.5) is 10.5 Å². The Morgan fingerprint density at radius 1 is 1.09 bits per heavy atom. The predicted octanol–water partition coefficient (Wildman–Crippen LogP) is 5.61.